The molecule has 1 aliphatic rings. The molecule has 6 heteroatoms. The Kier molecular flexibility index (Phi) is 6.02. The normalized spacial score (nSPS) is 18.2. The minimum atomic E-state index is -0.441. The molecule has 18 heavy (non-hydrogen) atoms. The van der Waals surface area contributed by atoms with Crippen molar-refractivity contribution in [3.63, 3.8) is 0 Å². The lowest BCUT2D eigenvalue weighted by Crippen LogP contribution is -2.53. The molecule has 0 unspecified atom stereocenters. The number of ether oxygens (including phenoxy) is 1. The molecule has 1 amide bonds. The van der Waals surface area contributed by atoms with E-state index >= 15 is 0 Å². The van der Waals surface area contributed by atoms with Crippen LogP contribution in [0.5, 0.6) is 0 Å². The Balaban J connectivity index is 2.41. The van der Waals surface area contributed by atoms with Gasteiger partial charge in [0, 0.05) is 44.0 Å². The van der Waals surface area contributed by atoms with Gasteiger partial charge in [0.2, 0.25) is 0 Å². The van der Waals surface area contributed by atoms with Gasteiger partial charge in [-0.25, -0.2) is 4.79 Å². The quantitative estimate of drug-likeness (QED) is 0.750. The first-order valence-electron chi connectivity index (χ1n) is 6.21. The van der Waals surface area contributed by atoms with Gasteiger partial charge in [0.25, 0.3) is 0 Å². The van der Waals surface area contributed by atoms with Crippen molar-refractivity contribution in [1.29, 1.82) is 0 Å². The molecular weight excluding hydrogens is 275 g/mol. The molecule has 1 heterocycles. The van der Waals surface area contributed by atoms with Crippen molar-refractivity contribution >= 4 is 29.3 Å². The van der Waals surface area contributed by atoms with Gasteiger partial charge in [-0.2, -0.15) is 0 Å². The molecule has 0 radical (unpaired) electrons. The highest BCUT2D eigenvalue weighted by atomic mass is 35.5. The summed E-state index contributed by atoms with van der Waals surface area (Å²) in [7, 11) is 0. The van der Waals surface area contributed by atoms with E-state index in [2.05, 4.69) is 4.90 Å². The molecular formula is C12H22Cl2N2O2. The molecule has 1 saturated heterocycles. The second kappa shape index (κ2) is 6.83. The minimum Gasteiger partial charge on any atom is -0.444 e. The lowest BCUT2D eigenvalue weighted by Gasteiger charge is -2.38. The van der Waals surface area contributed by atoms with E-state index < -0.39 is 5.60 Å². The summed E-state index contributed by atoms with van der Waals surface area (Å²) in [6.45, 7) is 8.54. The number of hydrogen-bond acceptors (Lipinski definition) is 3. The van der Waals surface area contributed by atoms with Crippen LogP contribution in [0.3, 0.4) is 0 Å². The molecule has 0 aromatic rings. The first-order valence-corrected chi connectivity index (χ1v) is 7.28. The maximum atomic E-state index is 11.9. The van der Waals surface area contributed by atoms with Gasteiger partial charge < -0.3 is 9.64 Å². The smallest absolute Gasteiger partial charge is 0.410 e. The average Bonchev–Trinajstić information content (AvgIpc) is 2.29. The van der Waals surface area contributed by atoms with E-state index in [0.717, 1.165) is 13.1 Å². The van der Waals surface area contributed by atoms with Crippen LogP contribution in [0.1, 0.15) is 20.8 Å². The zero-order valence-corrected chi connectivity index (χ0v) is 12.8. The van der Waals surface area contributed by atoms with Crippen molar-refractivity contribution in [3.05, 3.63) is 0 Å². The first kappa shape index (κ1) is 15.9. The lowest BCUT2D eigenvalue weighted by molar-refractivity contribution is 0.0121. The number of piperazine rings is 1. The predicted molar refractivity (Wildman–Crippen MR) is 74.6 cm³/mol. The molecule has 0 saturated carbocycles. The fraction of sp³-hybridized carbons (Fsp3) is 0.917. The summed E-state index contributed by atoms with van der Waals surface area (Å²) in [6, 6.07) is 0.189. The first-order chi connectivity index (χ1) is 8.37. The number of nitrogens with zero attached hydrogens (tertiary/aromatic N) is 2. The van der Waals surface area contributed by atoms with Crippen LogP contribution in [0.2, 0.25) is 0 Å². The molecule has 0 spiro atoms. The summed E-state index contributed by atoms with van der Waals surface area (Å²) in [6.07, 6.45) is -0.240. The Morgan fingerprint density at radius 1 is 1.17 bits per heavy atom. The molecule has 0 N–H and O–H groups in total. The second-order valence-electron chi connectivity index (χ2n) is 5.47. The third-order valence-electron chi connectivity index (χ3n) is 2.84. The summed E-state index contributed by atoms with van der Waals surface area (Å²) in [5.74, 6) is 1.05. The molecule has 1 aliphatic heterocycles. The van der Waals surface area contributed by atoms with Crippen molar-refractivity contribution < 1.29 is 9.53 Å². The van der Waals surface area contributed by atoms with Crippen molar-refractivity contribution in [1.82, 2.24) is 9.80 Å². The van der Waals surface area contributed by atoms with Crippen LogP contribution in [0.25, 0.3) is 0 Å². The lowest BCUT2D eigenvalue weighted by atomic mass is 10.2. The third kappa shape index (κ3) is 4.82. The van der Waals surface area contributed by atoms with Crippen LogP contribution in [0, 0.1) is 0 Å². The SMILES string of the molecule is CC(C)(C)OC(=O)N1CCN(C(CCl)CCl)CC1. The van der Waals surface area contributed by atoms with Crippen LogP contribution in [-0.2, 0) is 4.74 Å². The number of hydrogen-bond donors (Lipinski definition) is 0. The third-order valence-corrected chi connectivity index (χ3v) is 3.55. The van der Waals surface area contributed by atoms with E-state index in [1.807, 2.05) is 20.8 Å². The van der Waals surface area contributed by atoms with Gasteiger partial charge in [0.15, 0.2) is 0 Å². The zero-order valence-electron chi connectivity index (χ0n) is 11.3. The van der Waals surface area contributed by atoms with Crippen molar-refractivity contribution in [2.24, 2.45) is 0 Å². The number of rotatable bonds is 3. The highest BCUT2D eigenvalue weighted by Gasteiger charge is 2.28. The van der Waals surface area contributed by atoms with Crippen LogP contribution in [-0.4, -0.2) is 65.5 Å². The Hall–Kier alpha value is -0.190. The van der Waals surface area contributed by atoms with Crippen LogP contribution in [0.15, 0.2) is 0 Å². The molecule has 1 fully saturated rings. The van der Waals surface area contributed by atoms with Gasteiger partial charge in [-0.05, 0) is 20.8 Å². The standard InChI is InChI=1S/C12H22Cl2N2O2/c1-12(2,3)18-11(17)16-6-4-15(5-7-16)10(8-13)9-14/h10H,4-9H2,1-3H3. The molecule has 0 atom stereocenters. The van der Waals surface area contributed by atoms with E-state index in [1.165, 1.54) is 0 Å². The number of amides is 1. The maximum Gasteiger partial charge on any atom is 0.410 e. The second-order valence-corrected chi connectivity index (χ2v) is 6.08. The molecule has 1 rings (SSSR count). The van der Waals surface area contributed by atoms with Gasteiger partial charge in [0.05, 0.1) is 0 Å². The van der Waals surface area contributed by atoms with E-state index in [-0.39, 0.29) is 12.1 Å². The summed E-state index contributed by atoms with van der Waals surface area (Å²) >= 11 is 11.7. The number of alkyl halides is 2. The summed E-state index contributed by atoms with van der Waals surface area (Å²) in [4.78, 5) is 15.8. The van der Waals surface area contributed by atoms with E-state index in [0.29, 0.717) is 24.8 Å². The molecule has 0 aliphatic carbocycles. The van der Waals surface area contributed by atoms with Crippen LogP contribution < -0.4 is 0 Å². The molecule has 0 aromatic carbocycles. The topological polar surface area (TPSA) is 32.8 Å². The van der Waals surface area contributed by atoms with Crippen LogP contribution >= 0.6 is 23.2 Å². The van der Waals surface area contributed by atoms with Gasteiger partial charge in [0.1, 0.15) is 5.60 Å². The van der Waals surface area contributed by atoms with Crippen molar-refractivity contribution in [3.8, 4) is 0 Å². The van der Waals surface area contributed by atoms with Gasteiger partial charge in [-0.15, -0.1) is 23.2 Å². The molecule has 4 nitrogen and oxygen atoms in total. The van der Waals surface area contributed by atoms with E-state index in [9.17, 15) is 4.79 Å². The van der Waals surface area contributed by atoms with Crippen molar-refractivity contribution in [2.45, 2.75) is 32.4 Å². The fourth-order valence-electron chi connectivity index (χ4n) is 1.83. The monoisotopic (exact) mass is 296 g/mol. The van der Waals surface area contributed by atoms with Gasteiger partial charge >= 0.3 is 6.09 Å². The average molecular weight is 297 g/mol. The fourth-order valence-corrected chi connectivity index (χ4v) is 2.55. The highest BCUT2D eigenvalue weighted by Crippen LogP contribution is 2.14. The van der Waals surface area contributed by atoms with Crippen molar-refractivity contribution in [2.75, 3.05) is 37.9 Å². The van der Waals surface area contributed by atoms with Gasteiger partial charge in [-0.1, -0.05) is 0 Å². The highest BCUT2D eigenvalue weighted by molar-refractivity contribution is 6.21. The minimum absolute atomic E-state index is 0.189. The Morgan fingerprint density at radius 3 is 2.06 bits per heavy atom. The number of carbonyl (C=O) groups is 1. The zero-order chi connectivity index (χ0) is 13.8. The molecule has 0 bridgehead atoms. The number of halogens is 2. The molecule has 0 aromatic heterocycles. The summed E-state index contributed by atoms with van der Waals surface area (Å²) in [5.41, 5.74) is -0.441. The number of carbonyl (C=O) groups excluding carboxylic acids is 1. The van der Waals surface area contributed by atoms with Gasteiger partial charge in [-0.3, -0.25) is 4.90 Å². The van der Waals surface area contributed by atoms with E-state index in [1.54, 1.807) is 4.90 Å². The molecule has 106 valence electrons. The largest absolute Gasteiger partial charge is 0.444 e. The van der Waals surface area contributed by atoms with Crippen LogP contribution in [0.4, 0.5) is 4.79 Å². The Labute approximate surface area is 119 Å². The summed E-state index contributed by atoms with van der Waals surface area (Å²) < 4.78 is 5.34. The predicted octanol–water partition coefficient (Wildman–Crippen LogP) is 2.39. The Morgan fingerprint density at radius 2 is 1.67 bits per heavy atom. The Bertz CT molecular complexity index is 270. The maximum absolute atomic E-state index is 11.9. The van der Waals surface area contributed by atoms with E-state index in [4.69, 9.17) is 27.9 Å². The summed E-state index contributed by atoms with van der Waals surface area (Å²) in [5, 5.41) is 0.